The van der Waals surface area contributed by atoms with Crippen molar-refractivity contribution in [1.29, 1.82) is 0 Å². The molecule has 1 aromatic heterocycles. The molecule has 0 bridgehead atoms. The van der Waals surface area contributed by atoms with E-state index in [1.165, 1.54) is 11.8 Å². The largest absolute Gasteiger partial charge is 0.325 e. The van der Waals surface area contributed by atoms with Crippen LogP contribution in [0.5, 0.6) is 0 Å². The molecule has 0 radical (unpaired) electrons. The van der Waals surface area contributed by atoms with Gasteiger partial charge < -0.3 is 5.32 Å². The van der Waals surface area contributed by atoms with Gasteiger partial charge in [0, 0.05) is 33.6 Å². The summed E-state index contributed by atoms with van der Waals surface area (Å²) in [5.41, 5.74) is 3.16. The molecule has 1 heterocycles. The topological polar surface area (TPSA) is 54.4 Å². The van der Waals surface area contributed by atoms with Crippen molar-refractivity contribution in [1.82, 2.24) is 4.98 Å². The third kappa shape index (κ3) is 5.85. The number of carbonyl (C=O) groups excluding carboxylic acids is 1. The molecule has 0 saturated carbocycles. The quantitative estimate of drug-likeness (QED) is 0.237. The first-order valence-corrected chi connectivity index (χ1v) is 11.1. The molecule has 1 N–H and O–H groups in total. The first-order chi connectivity index (χ1) is 14.5. The molecule has 0 fully saturated rings. The SMILES string of the molecule is CCC(Sc1ccccc1N=Cc1cccnc1Cl)C(=O)Nc1ccc(C)c(Cl)c1. The number of carbonyl (C=O) groups is 1. The maximum atomic E-state index is 12.8. The van der Waals surface area contributed by atoms with Gasteiger partial charge in [-0.25, -0.2) is 4.98 Å². The second-order valence-corrected chi connectivity index (χ2v) is 8.59. The van der Waals surface area contributed by atoms with Crippen molar-refractivity contribution in [3.63, 3.8) is 0 Å². The molecule has 4 nitrogen and oxygen atoms in total. The lowest BCUT2D eigenvalue weighted by Crippen LogP contribution is -2.24. The molecule has 1 unspecified atom stereocenters. The van der Waals surface area contributed by atoms with E-state index in [1.54, 1.807) is 18.5 Å². The molecule has 1 amide bonds. The van der Waals surface area contributed by atoms with Gasteiger partial charge >= 0.3 is 0 Å². The highest BCUT2D eigenvalue weighted by molar-refractivity contribution is 8.00. The van der Waals surface area contributed by atoms with Gasteiger partial charge in [0.2, 0.25) is 5.91 Å². The van der Waals surface area contributed by atoms with Crippen molar-refractivity contribution < 1.29 is 4.79 Å². The number of para-hydroxylation sites is 1. The number of halogens is 2. The second-order valence-electron chi connectivity index (χ2n) is 6.58. The summed E-state index contributed by atoms with van der Waals surface area (Å²) in [4.78, 5) is 22.4. The van der Waals surface area contributed by atoms with Crippen molar-refractivity contribution in [2.45, 2.75) is 30.4 Å². The Morgan fingerprint density at radius 1 is 1.20 bits per heavy atom. The minimum atomic E-state index is -0.275. The van der Waals surface area contributed by atoms with Crippen LogP contribution in [-0.2, 0) is 4.79 Å². The Kier molecular flexibility index (Phi) is 7.91. The standard InChI is InChI=1S/C23H21Cl2N3OS/c1-3-20(23(29)28-17-11-10-15(2)18(24)13-17)30-21-9-5-4-8-19(21)27-14-16-7-6-12-26-22(16)25/h4-14,20H,3H2,1-2H3,(H,28,29). The van der Waals surface area contributed by atoms with E-state index in [0.717, 1.165) is 21.7 Å². The maximum absolute atomic E-state index is 12.8. The summed E-state index contributed by atoms with van der Waals surface area (Å²) >= 11 is 13.8. The van der Waals surface area contributed by atoms with Crippen LogP contribution in [0.1, 0.15) is 24.5 Å². The summed E-state index contributed by atoms with van der Waals surface area (Å²) in [5.74, 6) is -0.0727. The molecule has 2 aromatic carbocycles. The van der Waals surface area contributed by atoms with Gasteiger partial charge in [-0.15, -0.1) is 11.8 Å². The fraction of sp³-hybridized carbons (Fsp3) is 0.174. The number of nitrogens with zero attached hydrogens (tertiary/aromatic N) is 2. The van der Waals surface area contributed by atoms with Crippen molar-refractivity contribution in [2.75, 3.05) is 5.32 Å². The monoisotopic (exact) mass is 457 g/mol. The Morgan fingerprint density at radius 2 is 2.00 bits per heavy atom. The first kappa shape index (κ1) is 22.3. The van der Waals surface area contributed by atoms with Crippen molar-refractivity contribution in [3.05, 3.63) is 82.1 Å². The summed E-state index contributed by atoms with van der Waals surface area (Å²) in [6, 6.07) is 16.9. The predicted octanol–water partition coefficient (Wildman–Crippen LogP) is 6.96. The number of aromatic nitrogens is 1. The number of benzene rings is 2. The van der Waals surface area contributed by atoms with Crippen LogP contribution in [0.4, 0.5) is 11.4 Å². The lowest BCUT2D eigenvalue weighted by molar-refractivity contribution is -0.115. The number of hydrogen-bond donors (Lipinski definition) is 1. The minimum absolute atomic E-state index is 0.0727. The number of nitrogens with one attached hydrogen (secondary N) is 1. The van der Waals surface area contributed by atoms with Crippen molar-refractivity contribution >= 4 is 58.5 Å². The van der Waals surface area contributed by atoms with E-state index in [2.05, 4.69) is 15.3 Å². The molecular weight excluding hydrogens is 437 g/mol. The van der Waals surface area contributed by atoms with Gasteiger partial charge in [0.15, 0.2) is 0 Å². The molecule has 1 atom stereocenters. The van der Waals surface area contributed by atoms with E-state index in [0.29, 0.717) is 22.3 Å². The predicted molar refractivity (Wildman–Crippen MR) is 128 cm³/mol. The second kappa shape index (κ2) is 10.6. The lowest BCUT2D eigenvalue weighted by atomic mass is 10.2. The zero-order valence-electron chi connectivity index (χ0n) is 16.6. The van der Waals surface area contributed by atoms with Crippen molar-refractivity contribution in [2.24, 2.45) is 4.99 Å². The number of rotatable bonds is 7. The molecule has 7 heteroatoms. The number of aliphatic imine (C=N–C) groups is 1. The minimum Gasteiger partial charge on any atom is -0.325 e. The highest BCUT2D eigenvalue weighted by atomic mass is 35.5. The number of amides is 1. The molecule has 30 heavy (non-hydrogen) atoms. The molecule has 3 aromatic rings. The maximum Gasteiger partial charge on any atom is 0.237 e. The average molecular weight is 458 g/mol. The van der Waals surface area contributed by atoms with E-state index >= 15 is 0 Å². The average Bonchev–Trinajstić information content (AvgIpc) is 2.74. The van der Waals surface area contributed by atoms with Crippen LogP contribution in [0.2, 0.25) is 10.2 Å². The van der Waals surface area contributed by atoms with Crippen LogP contribution in [0.25, 0.3) is 0 Å². The van der Waals surface area contributed by atoms with Crippen LogP contribution in [0, 0.1) is 6.92 Å². The Bertz CT molecular complexity index is 1070. The summed E-state index contributed by atoms with van der Waals surface area (Å²) in [6.45, 7) is 3.91. The Balaban J connectivity index is 1.76. The molecule has 3 rings (SSSR count). The molecule has 0 aliphatic rings. The van der Waals surface area contributed by atoms with Gasteiger partial charge in [-0.05, 0) is 55.3 Å². The highest BCUT2D eigenvalue weighted by Gasteiger charge is 2.19. The summed E-state index contributed by atoms with van der Waals surface area (Å²) < 4.78 is 0. The fourth-order valence-corrected chi connectivity index (χ4v) is 4.05. The Labute approximate surface area is 190 Å². The van der Waals surface area contributed by atoms with Crippen molar-refractivity contribution in [3.8, 4) is 0 Å². The number of hydrogen-bond acceptors (Lipinski definition) is 4. The molecule has 0 spiro atoms. The molecule has 0 saturated heterocycles. The molecule has 154 valence electrons. The fourth-order valence-electron chi connectivity index (χ4n) is 2.67. The Morgan fingerprint density at radius 3 is 2.73 bits per heavy atom. The zero-order chi connectivity index (χ0) is 21.5. The van der Waals surface area contributed by atoms with Crippen LogP contribution >= 0.6 is 35.0 Å². The molecular formula is C23H21Cl2N3OS. The highest BCUT2D eigenvalue weighted by Crippen LogP contribution is 2.34. The van der Waals surface area contributed by atoms with Gasteiger partial charge in [-0.1, -0.05) is 48.3 Å². The third-order valence-electron chi connectivity index (χ3n) is 4.37. The molecule has 0 aliphatic carbocycles. The smallest absolute Gasteiger partial charge is 0.237 e. The third-order valence-corrected chi connectivity index (χ3v) is 6.52. The van der Waals surface area contributed by atoms with Gasteiger partial charge in [-0.2, -0.15) is 0 Å². The van der Waals surface area contributed by atoms with Crippen LogP contribution in [0.15, 0.2) is 70.7 Å². The van der Waals surface area contributed by atoms with E-state index in [9.17, 15) is 4.79 Å². The molecule has 0 aliphatic heterocycles. The van der Waals surface area contributed by atoms with E-state index in [1.807, 2.05) is 62.4 Å². The summed E-state index contributed by atoms with van der Waals surface area (Å²) in [6.07, 6.45) is 3.99. The number of thioether (sulfide) groups is 1. The zero-order valence-corrected chi connectivity index (χ0v) is 18.9. The van der Waals surface area contributed by atoms with Crippen LogP contribution < -0.4 is 5.32 Å². The van der Waals surface area contributed by atoms with Gasteiger partial charge in [-0.3, -0.25) is 9.79 Å². The summed E-state index contributed by atoms with van der Waals surface area (Å²) in [5, 5.41) is 3.71. The number of pyridine rings is 1. The van der Waals surface area contributed by atoms with Gasteiger partial charge in [0.05, 0.1) is 10.9 Å². The van der Waals surface area contributed by atoms with E-state index in [4.69, 9.17) is 23.2 Å². The number of aryl methyl sites for hydroxylation is 1. The van der Waals surface area contributed by atoms with E-state index in [-0.39, 0.29) is 11.2 Å². The first-order valence-electron chi connectivity index (χ1n) is 9.45. The van der Waals surface area contributed by atoms with Gasteiger partial charge in [0.25, 0.3) is 0 Å². The Hall–Kier alpha value is -2.34. The number of anilines is 1. The summed E-state index contributed by atoms with van der Waals surface area (Å²) in [7, 11) is 0. The van der Waals surface area contributed by atoms with Gasteiger partial charge in [0.1, 0.15) is 5.15 Å². The van der Waals surface area contributed by atoms with E-state index < -0.39 is 0 Å². The van der Waals surface area contributed by atoms with Crippen LogP contribution in [-0.4, -0.2) is 22.4 Å². The normalized spacial score (nSPS) is 12.1. The lowest BCUT2D eigenvalue weighted by Gasteiger charge is -2.16. The van der Waals surface area contributed by atoms with Crippen LogP contribution in [0.3, 0.4) is 0 Å².